The van der Waals surface area contributed by atoms with Crippen molar-refractivity contribution in [1.82, 2.24) is 19.9 Å². The third-order valence-electron chi connectivity index (χ3n) is 3.78. The molecule has 0 aliphatic rings. The van der Waals surface area contributed by atoms with Crippen molar-refractivity contribution in [2.75, 3.05) is 0 Å². The molecule has 2 aromatic heterocycles. The van der Waals surface area contributed by atoms with Crippen molar-refractivity contribution >= 4 is 11.6 Å². The summed E-state index contributed by atoms with van der Waals surface area (Å²) < 4.78 is 41.5. The van der Waals surface area contributed by atoms with Crippen LogP contribution in [0.4, 0.5) is 13.2 Å². The number of nitrogens with one attached hydrogen (secondary N) is 1. The number of pyridine rings is 1. The molecule has 5 nitrogen and oxygen atoms in total. The zero-order chi connectivity index (χ0) is 18.0. The zero-order valence-corrected chi connectivity index (χ0v) is 13.3. The molecule has 0 fully saturated rings. The normalized spacial score (nSPS) is 12.3. The summed E-state index contributed by atoms with van der Waals surface area (Å²) >= 11 is 0. The van der Waals surface area contributed by atoms with E-state index in [4.69, 9.17) is 0 Å². The van der Waals surface area contributed by atoms with Gasteiger partial charge in [0, 0.05) is 11.8 Å². The standard InChI is InChI=1S/C17H15F3N4O/c1-2-5-13(16-23-22-14-6-3-4-7-24(14)16)21-17(25)10-8-11(18)15(20)12(19)9-10/h3-4,6-9,13H,2,5H2,1H3,(H,21,25). The molecular weight excluding hydrogens is 333 g/mol. The lowest BCUT2D eigenvalue weighted by molar-refractivity contribution is 0.0931. The average molecular weight is 348 g/mol. The Morgan fingerprint density at radius 3 is 2.60 bits per heavy atom. The fourth-order valence-electron chi connectivity index (χ4n) is 2.58. The summed E-state index contributed by atoms with van der Waals surface area (Å²) in [4.78, 5) is 12.4. The second kappa shape index (κ2) is 6.92. The van der Waals surface area contributed by atoms with Gasteiger partial charge in [0.1, 0.15) is 0 Å². The molecule has 0 saturated heterocycles. The third-order valence-corrected chi connectivity index (χ3v) is 3.78. The number of hydrogen-bond acceptors (Lipinski definition) is 3. The third kappa shape index (κ3) is 3.33. The topological polar surface area (TPSA) is 59.3 Å². The van der Waals surface area contributed by atoms with Crippen molar-refractivity contribution in [2.45, 2.75) is 25.8 Å². The summed E-state index contributed by atoms with van der Waals surface area (Å²) in [7, 11) is 0. The number of halogens is 3. The van der Waals surface area contributed by atoms with Crippen molar-refractivity contribution in [3.05, 3.63) is 65.4 Å². The Hall–Kier alpha value is -2.90. The first kappa shape index (κ1) is 16.9. The number of amides is 1. The number of benzene rings is 1. The minimum atomic E-state index is -1.61. The summed E-state index contributed by atoms with van der Waals surface area (Å²) in [6.45, 7) is 1.93. The molecule has 1 amide bonds. The van der Waals surface area contributed by atoms with Gasteiger partial charge in [0.25, 0.3) is 5.91 Å². The molecule has 3 rings (SSSR count). The molecule has 2 heterocycles. The van der Waals surface area contributed by atoms with Crippen LogP contribution in [0.5, 0.6) is 0 Å². The van der Waals surface area contributed by atoms with Crippen LogP contribution in [0.1, 0.15) is 42.0 Å². The summed E-state index contributed by atoms with van der Waals surface area (Å²) in [5, 5.41) is 10.8. The molecule has 130 valence electrons. The number of rotatable bonds is 5. The molecule has 8 heteroatoms. The van der Waals surface area contributed by atoms with Gasteiger partial charge < -0.3 is 5.32 Å². The first-order chi connectivity index (χ1) is 12.0. The summed E-state index contributed by atoms with van der Waals surface area (Å²) in [6, 6.07) is 6.20. The Balaban J connectivity index is 1.91. The van der Waals surface area contributed by atoms with Crippen LogP contribution in [-0.4, -0.2) is 20.5 Å². The number of hydrogen-bond donors (Lipinski definition) is 1. The van der Waals surface area contributed by atoms with Crippen molar-refractivity contribution in [2.24, 2.45) is 0 Å². The molecule has 0 bridgehead atoms. The second-order valence-corrected chi connectivity index (χ2v) is 5.56. The monoisotopic (exact) mass is 348 g/mol. The minimum Gasteiger partial charge on any atom is -0.342 e. The van der Waals surface area contributed by atoms with Gasteiger partial charge in [-0.25, -0.2) is 13.2 Å². The largest absolute Gasteiger partial charge is 0.342 e. The number of nitrogens with zero attached hydrogens (tertiary/aromatic N) is 3. The Bertz CT molecular complexity index is 902. The Morgan fingerprint density at radius 1 is 1.20 bits per heavy atom. The van der Waals surface area contributed by atoms with E-state index in [0.717, 1.165) is 6.42 Å². The van der Waals surface area contributed by atoms with Gasteiger partial charge in [0.05, 0.1) is 6.04 Å². The quantitative estimate of drug-likeness (QED) is 0.719. The van der Waals surface area contributed by atoms with Crippen LogP contribution < -0.4 is 5.32 Å². The van der Waals surface area contributed by atoms with Crippen molar-refractivity contribution in [1.29, 1.82) is 0 Å². The van der Waals surface area contributed by atoms with Gasteiger partial charge in [-0.1, -0.05) is 19.4 Å². The second-order valence-electron chi connectivity index (χ2n) is 5.56. The highest BCUT2D eigenvalue weighted by Gasteiger charge is 2.22. The lowest BCUT2D eigenvalue weighted by Gasteiger charge is -2.17. The highest BCUT2D eigenvalue weighted by atomic mass is 19.2. The highest BCUT2D eigenvalue weighted by Crippen LogP contribution is 2.20. The van der Waals surface area contributed by atoms with Crippen LogP contribution in [0.3, 0.4) is 0 Å². The van der Waals surface area contributed by atoms with E-state index in [9.17, 15) is 18.0 Å². The van der Waals surface area contributed by atoms with E-state index in [0.29, 0.717) is 30.0 Å². The Labute approximate surface area is 141 Å². The van der Waals surface area contributed by atoms with Gasteiger partial charge in [0.15, 0.2) is 28.9 Å². The number of carbonyl (C=O) groups is 1. The van der Waals surface area contributed by atoms with E-state index in [-0.39, 0.29) is 5.56 Å². The maximum atomic E-state index is 13.3. The molecule has 1 N–H and O–H groups in total. The predicted molar refractivity (Wildman–Crippen MR) is 84.4 cm³/mol. The fraction of sp³-hybridized carbons (Fsp3) is 0.235. The molecule has 0 aliphatic carbocycles. The molecular formula is C17H15F3N4O. The van der Waals surface area contributed by atoms with Crippen molar-refractivity contribution in [3.63, 3.8) is 0 Å². The smallest absolute Gasteiger partial charge is 0.252 e. The van der Waals surface area contributed by atoms with Crippen LogP contribution >= 0.6 is 0 Å². The highest BCUT2D eigenvalue weighted by molar-refractivity contribution is 5.94. The molecule has 0 spiro atoms. The molecule has 3 aromatic rings. The summed E-state index contributed by atoms with van der Waals surface area (Å²) in [6.07, 6.45) is 3.04. The van der Waals surface area contributed by atoms with Crippen LogP contribution in [0.15, 0.2) is 36.5 Å². The molecule has 25 heavy (non-hydrogen) atoms. The molecule has 0 radical (unpaired) electrons. The van der Waals surface area contributed by atoms with E-state index in [1.54, 1.807) is 22.7 Å². The van der Waals surface area contributed by atoms with E-state index in [1.165, 1.54) is 0 Å². The summed E-state index contributed by atoms with van der Waals surface area (Å²) in [5.74, 6) is -4.64. The molecule has 1 atom stereocenters. The van der Waals surface area contributed by atoms with Gasteiger partial charge in [-0.15, -0.1) is 10.2 Å². The average Bonchev–Trinajstić information content (AvgIpc) is 3.02. The molecule has 1 unspecified atom stereocenters. The van der Waals surface area contributed by atoms with Gasteiger partial charge in [-0.05, 0) is 30.7 Å². The van der Waals surface area contributed by atoms with E-state index >= 15 is 0 Å². The summed E-state index contributed by atoms with van der Waals surface area (Å²) in [5.41, 5.74) is 0.318. The van der Waals surface area contributed by atoms with Crippen LogP contribution in [0.2, 0.25) is 0 Å². The van der Waals surface area contributed by atoms with Crippen LogP contribution in [0.25, 0.3) is 5.65 Å². The maximum absolute atomic E-state index is 13.3. The van der Waals surface area contributed by atoms with E-state index in [1.807, 2.05) is 13.0 Å². The van der Waals surface area contributed by atoms with Gasteiger partial charge >= 0.3 is 0 Å². The van der Waals surface area contributed by atoms with Gasteiger partial charge in [-0.2, -0.15) is 0 Å². The molecule has 1 aromatic carbocycles. The van der Waals surface area contributed by atoms with Crippen molar-refractivity contribution in [3.8, 4) is 0 Å². The fourth-order valence-corrected chi connectivity index (χ4v) is 2.58. The lowest BCUT2D eigenvalue weighted by atomic mass is 10.1. The maximum Gasteiger partial charge on any atom is 0.252 e. The van der Waals surface area contributed by atoms with E-state index in [2.05, 4.69) is 15.5 Å². The minimum absolute atomic E-state index is 0.300. The predicted octanol–water partition coefficient (Wildman–Crippen LogP) is 3.42. The lowest BCUT2D eigenvalue weighted by Crippen LogP contribution is -2.30. The Morgan fingerprint density at radius 2 is 1.92 bits per heavy atom. The van der Waals surface area contributed by atoms with Gasteiger partial charge in [0.2, 0.25) is 0 Å². The van der Waals surface area contributed by atoms with Crippen molar-refractivity contribution < 1.29 is 18.0 Å². The molecule has 0 saturated carbocycles. The van der Waals surface area contributed by atoms with Crippen LogP contribution in [-0.2, 0) is 0 Å². The SMILES string of the molecule is CCCC(NC(=O)c1cc(F)c(F)c(F)c1)c1nnc2ccccn12. The number of carbonyl (C=O) groups excluding carboxylic acids is 1. The first-order valence-electron chi connectivity index (χ1n) is 7.76. The Kier molecular flexibility index (Phi) is 4.69. The molecule has 0 aliphatic heterocycles. The zero-order valence-electron chi connectivity index (χ0n) is 13.3. The van der Waals surface area contributed by atoms with E-state index < -0.39 is 29.4 Å². The van der Waals surface area contributed by atoms with Gasteiger partial charge in [-0.3, -0.25) is 9.20 Å². The van der Waals surface area contributed by atoms with Crippen LogP contribution in [0, 0.1) is 17.5 Å². The number of aromatic nitrogens is 3. The number of fused-ring (bicyclic) bond motifs is 1. The first-order valence-corrected chi connectivity index (χ1v) is 7.76.